The molecule has 1 saturated heterocycles. The first-order chi connectivity index (χ1) is 7.25. The highest BCUT2D eigenvalue weighted by atomic mass is 79.9. The topological polar surface area (TPSA) is 31.4 Å². The Morgan fingerprint density at radius 1 is 1.60 bits per heavy atom. The second-order valence-corrected chi connectivity index (χ2v) is 4.61. The molecule has 0 amide bonds. The van der Waals surface area contributed by atoms with Crippen LogP contribution in [0.5, 0.6) is 5.88 Å². The van der Waals surface area contributed by atoms with E-state index in [1.54, 1.807) is 0 Å². The number of ether oxygens (including phenoxy) is 2. The van der Waals surface area contributed by atoms with Gasteiger partial charge in [0.2, 0.25) is 5.88 Å². The SMILES string of the molecule is Cc1nc(OCC2CCOC2)ccc1Br. The number of rotatable bonds is 3. The molecule has 2 heterocycles. The van der Waals surface area contributed by atoms with Crippen molar-refractivity contribution in [3.05, 3.63) is 22.3 Å². The molecule has 1 fully saturated rings. The van der Waals surface area contributed by atoms with Gasteiger partial charge in [-0.25, -0.2) is 4.98 Å². The molecule has 2 rings (SSSR count). The summed E-state index contributed by atoms with van der Waals surface area (Å²) >= 11 is 3.41. The van der Waals surface area contributed by atoms with Crippen molar-refractivity contribution >= 4 is 15.9 Å². The monoisotopic (exact) mass is 271 g/mol. The van der Waals surface area contributed by atoms with Crippen LogP contribution in [0.25, 0.3) is 0 Å². The van der Waals surface area contributed by atoms with Gasteiger partial charge in [0.25, 0.3) is 0 Å². The van der Waals surface area contributed by atoms with Crippen molar-refractivity contribution < 1.29 is 9.47 Å². The van der Waals surface area contributed by atoms with Crippen LogP contribution in [-0.4, -0.2) is 24.8 Å². The molecule has 82 valence electrons. The minimum atomic E-state index is 0.524. The summed E-state index contributed by atoms with van der Waals surface area (Å²) in [6.45, 7) is 4.33. The van der Waals surface area contributed by atoms with Crippen LogP contribution in [0.3, 0.4) is 0 Å². The van der Waals surface area contributed by atoms with Crippen molar-refractivity contribution in [1.29, 1.82) is 0 Å². The number of aromatic nitrogens is 1. The molecule has 0 bridgehead atoms. The van der Waals surface area contributed by atoms with Gasteiger partial charge in [-0.1, -0.05) is 0 Å². The smallest absolute Gasteiger partial charge is 0.213 e. The van der Waals surface area contributed by atoms with Crippen LogP contribution in [0.2, 0.25) is 0 Å². The lowest BCUT2D eigenvalue weighted by Crippen LogP contribution is -2.12. The molecule has 0 N–H and O–H groups in total. The van der Waals surface area contributed by atoms with Crippen LogP contribution in [0.15, 0.2) is 16.6 Å². The average Bonchev–Trinajstić information content (AvgIpc) is 2.73. The van der Waals surface area contributed by atoms with Crippen molar-refractivity contribution in [2.45, 2.75) is 13.3 Å². The second-order valence-electron chi connectivity index (χ2n) is 3.76. The van der Waals surface area contributed by atoms with E-state index in [1.807, 2.05) is 19.1 Å². The first kappa shape index (κ1) is 10.9. The van der Waals surface area contributed by atoms with E-state index in [0.29, 0.717) is 18.4 Å². The minimum absolute atomic E-state index is 0.524. The third-order valence-electron chi connectivity index (χ3n) is 2.49. The lowest BCUT2D eigenvalue weighted by atomic mass is 10.1. The average molecular weight is 272 g/mol. The Morgan fingerprint density at radius 2 is 2.47 bits per heavy atom. The molecule has 0 saturated carbocycles. The van der Waals surface area contributed by atoms with Crippen molar-refractivity contribution in [2.24, 2.45) is 5.92 Å². The fraction of sp³-hybridized carbons (Fsp3) is 0.545. The van der Waals surface area contributed by atoms with Gasteiger partial charge in [0, 0.05) is 23.1 Å². The first-order valence-electron chi connectivity index (χ1n) is 5.09. The summed E-state index contributed by atoms with van der Waals surface area (Å²) in [6, 6.07) is 3.84. The number of hydrogen-bond acceptors (Lipinski definition) is 3. The first-order valence-corrected chi connectivity index (χ1v) is 5.88. The fourth-order valence-electron chi connectivity index (χ4n) is 1.52. The van der Waals surface area contributed by atoms with Crippen LogP contribution in [-0.2, 0) is 4.74 Å². The van der Waals surface area contributed by atoms with Gasteiger partial charge in [-0.15, -0.1) is 0 Å². The Hall–Kier alpha value is -0.610. The molecule has 1 aliphatic rings. The number of nitrogens with zero attached hydrogens (tertiary/aromatic N) is 1. The second kappa shape index (κ2) is 4.94. The maximum Gasteiger partial charge on any atom is 0.213 e. The number of pyridine rings is 1. The third-order valence-corrected chi connectivity index (χ3v) is 3.32. The van der Waals surface area contributed by atoms with Gasteiger partial charge >= 0.3 is 0 Å². The summed E-state index contributed by atoms with van der Waals surface area (Å²) in [5.74, 6) is 1.22. The van der Waals surface area contributed by atoms with Gasteiger partial charge in [0.05, 0.1) is 18.9 Å². The minimum Gasteiger partial charge on any atom is -0.477 e. The van der Waals surface area contributed by atoms with Gasteiger partial charge in [-0.05, 0) is 35.3 Å². The molecule has 1 aromatic rings. The fourth-order valence-corrected chi connectivity index (χ4v) is 1.74. The molecule has 1 unspecified atom stereocenters. The highest BCUT2D eigenvalue weighted by Gasteiger charge is 2.16. The highest BCUT2D eigenvalue weighted by Crippen LogP contribution is 2.19. The lowest BCUT2D eigenvalue weighted by Gasteiger charge is -2.10. The van der Waals surface area contributed by atoms with Gasteiger partial charge < -0.3 is 9.47 Å². The van der Waals surface area contributed by atoms with Gasteiger partial charge in [-0.2, -0.15) is 0 Å². The molecule has 15 heavy (non-hydrogen) atoms. The number of halogens is 1. The summed E-state index contributed by atoms with van der Waals surface area (Å²) in [5.41, 5.74) is 0.954. The number of aryl methyl sites for hydroxylation is 1. The van der Waals surface area contributed by atoms with E-state index in [1.165, 1.54) is 0 Å². The molecule has 0 radical (unpaired) electrons. The summed E-state index contributed by atoms with van der Waals surface area (Å²) in [5, 5.41) is 0. The highest BCUT2D eigenvalue weighted by molar-refractivity contribution is 9.10. The summed E-state index contributed by atoms with van der Waals surface area (Å²) < 4.78 is 11.9. The quantitative estimate of drug-likeness (QED) is 0.847. The zero-order valence-electron chi connectivity index (χ0n) is 8.70. The van der Waals surface area contributed by atoms with Crippen molar-refractivity contribution in [1.82, 2.24) is 4.98 Å². The Kier molecular flexibility index (Phi) is 3.59. The van der Waals surface area contributed by atoms with Crippen molar-refractivity contribution in [2.75, 3.05) is 19.8 Å². The maximum absolute atomic E-state index is 5.61. The molecule has 3 nitrogen and oxygen atoms in total. The van der Waals surface area contributed by atoms with Gasteiger partial charge in [0.1, 0.15) is 0 Å². The van der Waals surface area contributed by atoms with E-state index in [0.717, 1.165) is 29.8 Å². The Morgan fingerprint density at radius 3 is 3.13 bits per heavy atom. The molecular weight excluding hydrogens is 258 g/mol. The van der Waals surface area contributed by atoms with Crippen LogP contribution in [0.4, 0.5) is 0 Å². The number of hydrogen-bond donors (Lipinski definition) is 0. The maximum atomic E-state index is 5.61. The van der Waals surface area contributed by atoms with E-state index in [2.05, 4.69) is 20.9 Å². The normalized spacial score (nSPS) is 20.5. The van der Waals surface area contributed by atoms with Crippen molar-refractivity contribution in [3.63, 3.8) is 0 Å². The van der Waals surface area contributed by atoms with E-state index in [4.69, 9.17) is 9.47 Å². The molecule has 0 aromatic carbocycles. The zero-order valence-corrected chi connectivity index (χ0v) is 10.3. The van der Waals surface area contributed by atoms with Crippen LogP contribution >= 0.6 is 15.9 Å². The predicted octanol–water partition coefficient (Wildman–Crippen LogP) is 2.57. The Balaban J connectivity index is 1.90. The molecular formula is C11H14BrNO2. The molecule has 1 atom stereocenters. The van der Waals surface area contributed by atoms with Crippen LogP contribution in [0, 0.1) is 12.8 Å². The van der Waals surface area contributed by atoms with E-state index < -0.39 is 0 Å². The van der Waals surface area contributed by atoms with Gasteiger partial charge in [-0.3, -0.25) is 0 Å². The van der Waals surface area contributed by atoms with E-state index >= 15 is 0 Å². The standard InChI is InChI=1S/C11H14BrNO2/c1-8-10(12)2-3-11(13-8)15-7-9-4-5-14-6-9/h2-3,9H,4-7H2,1H3. The van der Waals surface area contributed by atoms with Crippen molar-refractivity contribution in [3.8, 4) is 5.88 Å². The Bertz CT molecular complexity index is 337. The predicted molar refractivity (Wildman–Crippen MR) is 61.1 cm³/mol. The molecule has 4 heteroatoms. The summed E-state index contributed by atoms with van der Waals surface area (Å²) in [6.07, 6.45) is 1.09. The third kappa shape index (κ3) is 2.92. The lowest BCUT2D eigenvalue weighted by molar-refractivity contribution is 0.165. The molecule has 0 aliphatic carbocycles. The molecule has 1 aromatic heterocycles. The molecule has 1 aliphatic heterocycles. The Labute approximate surface area is 97.9 Å². The summed E-state index contributed by atoms with van der Waals surface area (Å²) in [4.78, 5) is 4.32. The van der Waals surface area contributed by atoms with Gasteiger partial charge in [0.15, 0.2) is 0 Å². The molecule has 0 spiro atoms. The largest absolute Gasteiger partial charge is 0.477 e. The van der Waals surface area contributed by atoms with E-state index in [-0.39, 0.29) is 0 Å². The van der Waals surface area contributed by atoms with E-state index in [9.17, 15) is 0 Å². The summed E-state index contributed by atoms with van der Waals surface area (Å²) in [7, 11) is 0. The zero-order chi connectivity index (χ0) is 10.7. The van der Waals surface area contributed by atoms with Crippen LogP contribution in [0.1, 0.15) is 12.1 Å². The van der Waals surface area contributed by atoms with Crippen LogP contribution < -0.4 is 4.74 Å².